The molecule has 0 aromatic heterocycles. The van der Waals surface area contributed by atoms with Crippen molar-refractivity contribution < 1.29 is 33.8 Å². The van der Waals surface area contributed by atoms with Crippen molar-refractivity contribution in [2.24, 2.45) is 11.8 Å². The van der Waals surface area contributed by atoms with Crippen molar-refractivity contribution in [1.82, 2.24) is 0 Å². The molecule has 2 N–H and O–H groups in total. The smallest absolute Gasteiger partial charge is 0.327 e. The standard InChI is InChI=1S/C24H18ClNO7/c25-15-11-13-16(14-12-15)26-21(27)19(23(30)32-17-7-3-1-4-8-17)20(22(28)29)24(31)33-18-9-5-2-6-10-18/h1-14,19-20H,(H,26,27)(H,28,29)/t19-,20+/m1/s1. The zero-order chi connectivity index (χ0) is 23.8. The van der Waals surface area contributed by atoms with Crippen LogP contribution in [0.4, 0.5) is 5.69 Å². The van der Waals surface area contributed by atoms with Crippen LogP contribution in [0, 0.1) is 11.8 Å². The molecule has 9 heteroatoms. The molecule has 0 radical (unpaired) electrons. The minimum Gasteiger partial charge on any atom is -0.481 e. The second-order valence-electron chi connectivity index (χ2n) is 6.76. The van der Waals surface area contributed by atoms with Crippen LogP contribution in [0.1, 0.15) is 0 Å². The molecule has 3 aromatic rings. The number of hydrogen-bond acceptors (Lipinski definition) is 6. The van der Waals surface area contributed by atoms with Gasteiger partial charge < -0.3 is 19.9 Å². The molecule has 0 saturated heterocycles. The lowest BCUT2D eigenvalue weighted by molar-refractivity contribution is -0.164. The van der Waals surface area contributed by atoms with Crippen LogP contribution in [0.3, 0.4) is 0 Å². The van der Waals surface area contributed by atoms with Crippen LogP contribution in [0.5, 0.6) is 11.5 Å². The molecule has 8 nitrogen and oxygen atoms in total. The van der Waals surface area contributed by atoms with Crippen LogP contribution in [0.2, 0.25) is 5.02 Å². The van der Waals surface area contributed by atoms with E-state index in [1.165, 1.54) is 48.5 Å². The molecule has 0 fully saturated rings. The fourth-order valence-corrected chi connectivity index (χ4v) is 2.99. The summed E-state index contributed by atoms with van der Waals surface area (Å²) in [5.41, 5.74) is 0.238. The molecule has 0 saturated carbocycles. The monoisotopic (exact) mass is 467 g/mol. The molecule has 0 aliphatic carbocycles. The van der Waals surface area contributed by atoms with Gasteiger partial charge in [0, 0.05) is 10.7 Å². The van der Waals surface area contributed by atoms with E-state index in [1.54, 1.807) is 36.4 Å². The zero-order valence-electron chi connectivity index (χ0n) is 17.0. The number of halogens is 1. The third-order valence-electron chi connectivity index (χ3n) is 4.42. The highest BCUT2D eigenvalue weighted by Gasteiger charge is 2.47. The number of benzene rings is 3. The summed E-state index contributed by atoms with van der Waals surface area (Å²) >= 11 is 5.84. The topological polar surface area (TPSA) is 119 Å². The third-order valence-corrected chi connectivity index (χ3v) is 4.68. The lowest BCUT2D eigenvalue weighted by Gasteiger charge is -2.21. The summed E-state index contributed by atoms with van der Waals surface area (Å²) in [5.74, 6) is -9.40. The molecule has 0 aliphatic rings. The molecule has 3 rings (SSSR count). The number of hydrogen-bond donors (Lipinski definition) is 2. The lowest BCUT2D eigenvalue weighted by Crippen LogP contribution is -2.46. The molecule has 168 valence electrons. The minimum atomic E-state index is -2.17. The summed E-state index contributed by atoms with van der Waals surface area (Å²) in [6.45, 7) is 0. The van der Waals surface area contributed by atoms with Gasteiger partial charge in [0.15, 0.2) is 11.8 Å². The van der Waals surface area contributed by atoms with Gasteiger partial charge in [0.1, 0.15) is 11.5 Å². The summed E-state index contributed by atoms with van der Waals surface area (Å²) < 4.78 is 10.3. The first-order valence-electron chi connectivity index (χ1n) is 9.68. The normalized spacial score (nSPS) is 12.2. The fourth-order valence-electron chi connectivity index (χ4n) is 2.86. The number of rotatable bonds is 8. The highest BCUT2D eigenvalue weighted by molar-refractivity contribution is 6.30. The van der Waals surface area contributed by atoms with E-state index in [9.17, 15) is 24.3 Å². The second kappa shape index (κ2) is 10.9. The van der Waals surface area contributed by atoms with E-state index in [4.69, 9.17) is 21.1 Å². The van der Waals surface area contributed by atoms with E-state index in [0.29, 0.717) is 5.02 Å². The van der Waals surface area contributed by atoms with Gasteiger partial charge in [0.05, 0.1) is 0 Å². The Morgan fingerprint density at radius 3 is 1.61 bits per heavy atom. The number of ether oxygens (including phenoxy) is 2. The van der Waals surface area contributed by atoms with E-state index >= 15 is 0 Å². The van der Waals surface area contributed by atoms with Gasteiger partial charge in [-0.05, 0) is 48.5 Å². The number of carboxylic acid groups (broad SMARTS) is 1. The first-order chi connectivity index (χ1) is 15.8. The maximum Gasteiger partial charge on any atom is 0.327 e. The van der Waals surface area contributed by atoms with E-state index in [0.717, 1.165) is 0 Å². The van der Waals surface area contributed by atoms with Crippen LogP contribution < -0.4 is 14.8 Å². The van der Waals surface area contributed by atoms with E-state index < -0.39 is 35.7 Å². The fraction of sp³-hybridized carbons (Fsp3) is 0.0833. The zero-order valence-corrected chi connectivity index (χ0v) is 17.8. The first kappa shape index (κ1) is 23.5. The van der Waals surface area contributed by atoms with Crippen molar-refractivity contribution in [3.8, 4) is 11.5 Å². The van der Waals surface area contributed by atoms with Crippen molar-refractivity contribution in [3.63, 3.8) is 0 Å². The predicted molar refractivity (Wildman–Crippen MR) is 119 cm³/mol. The molecule has 33 heavy (non-hydrogen) atoms. The Morgan fingerprint density at radius 2 is 1.15 bits per heavy atom. The number of carboxylic acids is 1. The molecule has 0 unspecified atom stereocenters. The van der Waals surface area contributed by atoms with Crippen LogP contribution in [0.25, 0.3) is 0 Å². The van der Waals surface area contributed by atoms with E-state index in [-0.39, 0.29) is 17.2 Å². The minimum absolute atomic E-state index is 0.0574. The first-order valence-corrected chi connectivity index (χ1v) is 10.1. The summed E-state index contributed by atoms with van der Waals surface area (Å²) in [6, 6.07) is 21.3. The summed E-state index contributed by atoms with van der Waals surface area (Å²) in [6.07, 6.45) is 0. The molecule has 0 aliphatic heterocycles. The Bertz CT molecular complexity index is 1130. The van der Waals surface area contributed by atoms with Crippen LogP contribution >= 0.6 is 11.6 Å². The molecule has 2 atom stereocenters. The Hall–Kier alpha value is -4.17. The number of carbonyl (C=O) groups excluding carboxylic acids is 3. The van der Waals surface area contributed by atoms with Gasteiger partial charge in [-0.25, -0.2) is 0 Å². The molecule has 3 aromatic carbocycles. The van der Waals surface area contributed by atoms with Gasteiger partial charge >= 0.3 is 17.9 Å². The Morgan fingerprint density at radius 1 is 0.697 bits per heavy atom. The number of amides is 1. The quantitative estimate of drug-likeness (QED) is 0.294. The third kappa shape index (κ3) is 6.41. The summed E-state index contributed by atoms with van der Waals surface area (Å²) in [7, 11) is 0. The van der Waals surface area contributed by atoms with Crippen molar-refractivity contribution in [2.75, 3.05) is 5.32 Å². The Balaban J connectivity index is 1.92. The van der Waals surface area contributed by atoms with E-state index in [2.05, 4.69) is 5.32 Å². The van der Waals surface area contributed by atoms with Gasteiger partial charge in [-0.2, -0.15) is 0 Å². The number of anilines is 1. The highest BCUT2D eigenvalue weighted by Crippen LogP contribution is 2.23. The van der Waals surface area contributed by atoms with Gasteiger partial charge in [0.25, 0.3) is 0 Å². The van der Waals surface area contributed by atoms with Crippen LogP contribution in [-0.4, -0.2) is 28.9 Å². The molecule has 0 spiro atoms. The molecule has 0 heterocycles. The molecular formula is C24H18ClNO7. The SMILES string of the molecule is O=C(O)[C@@H](C(=O)Oc1ccccc1)[C@H](C(=O)Nc1ccc(Cl)cc1)C(=O)Oc1ccccc1. The summed E-state index contributed by atoms with van der Waals surface area (Å²) in [5, 5.41) is 12.6. The molecule has 1 amide bonds. The van der Waals surface area contributed by atoms with Crippen molar-refractivity contribution >= 4 is 41.1 Å². The molecule has 0 bridgehead atoms. The van der Waals surface area contributed by atoms with Crippen molar-refractivity contribution in [1.29, 1.82) is 0 Å². The average Bonchev–Trinajstić information content (AvgIpc) is 2.79. The average molecular weight is 468 g/mol. The Labute approximate surface area is 193 Å². The number of esters is 2. The maximum atomic E-state index is 13.0. The van der Waals surface area contributed by atoms with E-state index in [1.807, 2.05) is 0 Å². The highest BCUT2D eigenvalue weighted by atomic mass is 35.5. The van der Waals surface area contributed by atoms with Gasteiger partial charge in [-0.15, -0.1) is 0 Å². The van der Waals surface area contributed by atoms with Gasteiger partial charge in [0.2, 0.25) is 5.91 Å². The number of nitrogens with one attached hydrogen (secondary N) is 1. The number of carbonyl (C=O) groups is 4. The van der Waals surface area contributed by atoms with Crippen molar-refractivity contribution in [3.05, 3.63) is 90.0 Å². The van der Waals surface area contributed by atoms with Gasteiger partial charge in [-0.3, -0.25) is 19.2 Å². The summed E-state index contributed by atoms with van der Waals surface area (Å²) in [4.78, 5) is 50.7. The predicted octanol–water partition coefficient (Wildman–Crippen LogP) is 3.81. The van der Waals surface area contributed by atoms with Crippen LogP contribution in [-0.2, 0) is 19.2 Å². The number of aliphatic carboxylic acids is 1. The Kier molecular flexibility index (Phi) is 7.77. The second-order valence-corrected chi connectivity index (χ2v) is 7.19. The van der Waals surface area contributed by atoms with Gasteiger partial charge in [-0.1, -0.05) is 48.0 Å². The number of para-hydroxylation sites is 2. The van der Waals surface area contributed by atoms with Crippen LogP contribution in [0.15, 0.2) is 84.9 Å². The van der Waals surface area contributed by atoms with Crippen molar-refractivity contribution in [2.45, 2.75) is 0 Å². The lowest BCUT2D eigenvalue weighted by atomic mass is 9.91. The maximum absolute atomic E-state index is 13.0. The largest absolute Gasteiger partial charge is 0.481 e. The molecular weight excluding hydrogens is 450 g/mol.